The Hall–Kier alpha value is -0.750. The quantitative estimate of drug-likeness (QED) is 0.725. The molecule has 1 aliphatic rings. The molecule has 5 heteroatoms. The molecule has 0 spiro atoms. The summed E-state index contributed by atoms with van der Waals surface area (Å²) < 4.78 is 12.6. The second kappa shape index (κ2) is 7.21. The first kappa shape index (κ1) is 16.1. The van der Waals surface area contributed by atoms with E-state index in [1.54, 1.807) is 11.3 Å². The molecule has 118 valence electrons. The maximum atomic E-state index is 5.86. The van der Waals surface area contributed by atoms with Crippen molar-refractivity contribution < 1.29 is 9.47 Å². The Balaban J connectivity index is 1.72. The van der Waals surface area contributed by atoms with Crippen LogP contribution < -0.4 is 0 Å². The molecule has 1 atom stereocenters. The summed E-state index contributed by atoms with van der Waals surface area (Å²) in [5.74, 6) is 0. The molecule has 3 nitrogen and oxygen atoms in total. The van der Waals surface area contributed by atoms with Crippen LogP contribution in [0.3, 0.4) is 0 Å². The van der Waals surface area contributed by atoms with Gasteiger partial charge in [0.1, 0.15) is 5.01 Å². The lowest BCUT2D eigenvalue weighted by atomic mass is 10.1. The molecule has 3 rings (SSSR count). The lowest BCUT2D eigenvalue weighted by Gasteiger charge is -2.22. The highest BCUT2D eigenvalue weighted by molar-refractivity contribution is 9.10. The fourth-order valence-corrected chi connectivity index (χ4v) is 4.07. The molecule has 1 aromatic carbocycles. The normalized spacial score (nSPS) is 18.6. The highest BCUT2D eigenvalue weighted by atomic mass is 79.9. The Labute approximate surface area is 143 Å². The van der Waals surface area contributed by atoms with Gasteiger partial charge in [-0.2, -0.15) is 0 Å². The van der Waals surface area contributed by atoms with Crippen LogP contribution in [0.25, 0.3) is 10.6 Å². The summed E-state index contributed by atoms with van der Waals surface area (Å²) in [5, 5.41) is 1.05. The second-order valence-corrected chi connectivity index (χ2v) is 7.77. The highest BCUT2D eigenvalue weighted by Crippen LogP contribution is 2.31. The average molecular weight is 382 g/mol. The molecule has 0 amide bonds. The van der Waals surface area contributed by atoms with Crippen LogP contribution >= 0.6 is 27.3 Å². The van der Waals surface area contributed by atoms with Gasteiger partial charge in [-0.1, -0.05) is 15.9 Å². The smallest absolute Gasteiger partial charge is 0.158 e. The number of aryl methyl sites for hydroxylation is 2. The van der Waals surface area contributed by atoms with Crippen LogP contribution in [-0.4, -0.2) is 17.9 Å². The largest absolute Gasteiger partial charge is 0.353 e. The number of benzene rings is 1. The van der Waals surface area contributed by atoms with Crippen LogP contribution in [0, 0.1) is 13.8 Å². The van der Waals surface area contributed by atoms with Crippen molar-refractivity contribution in [2.75, 3.05) is 6.61 Å². The molecule has 22 heavy (non-hydrogen) atoms. The average Bonchev–Trinajstić information content (AvgIpc) is 2.86. The zero-order valence-electron chi connectivity index (χ0n) is 12.9. The molecule has 1 aromatic heterocycles. The van der Waals surface area contributed by atoms with E-state index in [2.05, 4.69) is 48.0 Å². The highest BCUT2D eigenvalue weighted by Gasteiger charge is 2.16. The summed E-state index contributed by atoms with van der Waals surface area (Å²) in [5.41, 5.74) is 3.40. The van der Waals surface area contributed by atoms with E-state index in [9.17, 15) is 0 Å². The molecule has 1 aliphatic heterocycles. The zero-order valence-corrected chi connectivity index (χ0v) is 15.3. The maximum absolute atomic E-state index is 5.86. The molecule has 2 aromatic rings. The van der Waals surface area contributed by atoms with Crippen molar-refractivity contribution >= 4 is 27.3 Å². The van der Waals surface area contributed by atoms with Crippen molar-refractivity contribution in [1.29, 1.82) is 0 Å². The van der Waals surface area contributed by atoms with E-state index in [-0.39, 0.29) is 6.29 Å². The van der Waals surface area contributed by atoms with E-state index < -0.39 is 0 Å². The minimum atomic E-state index is -0.0635. The fourth-order valence-electron chi connectivity index (χ4n) is 2.56. The van der Waals surface area contributed by atoms with Crippen molar-refractivity contribution in [2.24, 2.45) is 0 Å². The zero-order chi connectivity index (χ0) is 15.5. The van der Waals surface area contributed by atoms with E-state index >= 15 is 0 Å². The number of hydrogen-bond acceptors (Lipinski definition) is 4. The monoisotopic (exact) mass is 381 g/mol. The van der Waals surface area contributed by atoms with Crippen molar-refractivity contribution in [3.05, 3.63) is 38.8 Å². The van der Waals surface area contributed by atoms with E-state index in [0.29, 0.717) is 6.61 Å². The first-order valence-electron chi connectivity index (χ1n) is 7.59. The lowest BCUT2D eigenvalue weighted by molar-refractivity contribution is -0.169. The van der Waals surface area contributed by atoms with Gasteiger partial charge in [-0.05, 0) is 56.9 Å². The molecular formula is C17H20BrNO2S. The Morgan fingerprint density at radius 2 is 2.18 bits per heavy atom. The van der Waals surface area contributed by atoms with Gasteiger partial charge >= 0.3 is 0 Å². The van der Waals surface area contributed by atoms with Gasteiger partial charge in [0, 0.05) is 21.5 Å². The Morgan fingerprint density at radius 3 is 2.91 bits per heavy atom. The molecule has 0 bridgehead atoms. The Morgan fingerprint density at radius 1 is 1.32 bits per heavy atom. The van der Waals surface area contributed by atoms with Gasteiger partial charge in [-0.25, -0.2) is 4.98 Å². The molecule has 0 aliphatic carbocycles. The minimum Gasteiger partial charge on any atom is -0.353 e. The summed E-state index contributed by atoms with van der Waals surface area (Å²) in [6.07, 6.45) is 3.25. The van der Waals surface area contributed by atoms with Gasteiger partial charge in [0.2, 0.25) is 0 Å². The summed E-state index contributed by atoms with van der Waals surface area (Å²) in [6, 6.07) is 6.38. The van der Waals surface area contributed by atoms with Gasteiger partial charge in [0.05, 0.1) is 12.3 Å². The van der Waals surface area contributed by atoms with Crippen molar-refractivity contribution in [1.82, 2.24) is 4.98 Å². The van der Waals surface area contributed by atoms with Crippen LogP contribution in [0.1, 0.15) is 35.4 Å². The molecule has 1 saturated heterocycles. The molecule has 1 unspecified atom stereocenters. The lowest BCUT2D eigenvalue weighted by Crippen LogP contribution is -2.22. The number of hydrogen-bond donors (Lipinski definition) is 0. The second-order valence-electron chi connectivity index (χ2n) is 5.65. The van der Waals surface area contributed by atoms with Gasteiger partial charge in [-0.15, -0.1) is 11.3 Å². The van der Waals surface area contributed by atoms with E-state index in [1.807, 2.05) is 0 Å². The predicted octanol–water partition coefficient (Wildman–Crippen LogP) is 5.23. The third-order valence-electron chi connectivity index (χ3n) is 3.73. The number of aromatic nitrogens is 1. The van der Waals surface area contributed by atoms with Gasteiger partial charge in [0.25, 0.3) is 0 Å². The molecule has 1 fully saturated rings. The third kappa shape index (κ3) is 3.96. The summed E-state index contributed by atoms with van der Waals surface area (Å²) in [6.45, 7) is 5.54. The minimum absolute atomic E-state index is 0.0635. The fraction of sp³-hybridized carbons (Fsp3) is 0.471. The van der Waals surface area contributed by atoms with Crippen LogP contribution in [0.2, 0.25) is 0 Å². The molecule has 0 radical (unpaired) electrons. The van der Waals surface area contributed by atoms with E-state index in [0.717, 1.165) is 40.2 Å². The molecule has 0 saturated carbocycles. The van der Waals surface area contributed by atoms with Crippen molar-refractivity contribution in [3.63, 3.8) is 0 Å². The van der Waals surface area contributed by atoms with Gasteiger partial charge < -0.3 is 9.47 Å². The molecule has 2 heterocycles. The third-order valence-corrected chi connectivity index (χ3v) is 5.25. The van der Waals surface area contributed by atoms with E-state index in [4.69, 9.17) is 14.5 Å². The predicted molar refractivity (Wildman–Crippen MR) is 93.1 cm³/mol. The standard InChI is InChI=1S/C17H20BrNO2S/c1-11-7-13(9-14(18)8-11)17-19-15(12(2)22-17)10-21-16-5-3-4-6-20-16/h7-9,16H,3-6,10H2,1-2H3. The van der Waals surface area contributed by atoms with Crippen LogP contribution in [0.15, 0.2) is 22.7 Å². The number of rotatable bonds is 4. The van der Waals surface area contributed by atoms with Crippen molar-refractivity contribution in [2.45, 2.75) is 46.0 Å². The number of thiazole rings is 1. The maximum Gasteiger partial charge on any atom is 0.158 e. The number of nitrogens with zero attached hydrogens (tertiary/aromatic N) is 1. The molecule has 0 N–H and O–H groups in total. The summed E-state index contributed by atoms with van der Waals surface area (Å²) in [4.78, 5) is 5.98. The van der Waals surface area contributed by atoms with Crippen LogP contribution in [0.4, 0.5) is 0 Å². The molecular weight excluding hydrogens is 362 g/mol. The van der Waals surface area contributed by atoms with Crippen LogP contribution in [-0.2, 0) is 16.1 Å². The SMILES string of the molecule is Cc1cc(Br)cc(-c2nc(COC3CCCCO3)c(C)s2)c1. The summed E-state index contributed by atoms with van der Waals surface area (Å²) in [7, 11) is 0. The van der Waals surface area contributed by atoms with E-state index in [1.165, 1.54) is 16.9 Å². The summed E-state index contributed by atoms with van der Waals surface area (Å²) >= 11 is 5.27. The Bertz CT molecular complexity index is 630. The van der Waals surface area contributed by atoms with Gasteiger partial charge in [0.15, 0.2) is 6.29 Å². The first-order valence-corrected chi connectivity index (χ1v) is 9.20. The first-order chi connectivity index (χ1) is 10.6. The van der Waals surface area contributed by atoms with Gasteiger partial charge in [-0.3, -0.25) is 0 Å². The van der Waals surface area contributed by atoms with Crippen LogP contribution in [0.5, 0.6) is 0 Å². The number of halogens is 1. The van der Waals surface area contributed by atoms with Crippen molar-refractivity contribution in [3.8, 4) is 10.6 Å². The Kier molecular flexibility index (Phi) is 5.29. The topological polar surface area (TPSA) is 31.4 Å². The number of ether oxygens (including phenoxy) is 2.